The highest BCUT2D eigenvalue weighted by atomic mass is 14.4. The lowest BCUT2D eigenvalue weighted by Crippen LogP contribution is -2.26. The molecule has 3 rings (SSSR count). The molecule has 2 saturated carbocycles. The van der Waals surface area contributed by atoms with Crippen LogP contribution in [0.15, 0.2) is 24.3 Å². The molecule has 0 aromatic heterocycles. The highest BCUT2D eigenvalue weighted by molar-refractivity contribution is 5.22. The van der Waals surface area contributed by atoms with E-state index in [-0.39, 0.29) is 0 Å². The van der Waals surface area contributed by atoms with Crippen LogP contribution in [0.3, 0.4) is 0 Å². The zero-order valence-electron chi connectivity index (χ0n) is 18.2. The van der Waals surface area contributed by atoms with Crippen LogP contribution in [0.25, 0.3) is 0 Å². The van der Waals surface area contributed by atoms with E-state index in [4.69, 9.17) is 0 Å². The van der Waals surface area contributed by atoms with E-state index in [0.717, 1.165) is 30.1 Å². The van der Waals surface area contributed by atoms with Gasteiger partial charge in [0.05, 0.1) is 0 Å². The molecule has 0 N–H and O–H groups in total. The van der Waals surface area contributed by atoms with Gasteiger partial charge in [0.1, 0.15) is 0 Å². The molecule has 2 aliphatic rings. The van der Waals surface area contributed by atoms with E-state index >= 15 is 0 Å². The number of hydrogen-bond donors (Lipinski definition) is 0. The summed E-state index contributed by atoms with van der Waals surface area (Å²) in [6, 6.07) is 9.38. The molecule has 0 aliphatic heterocycles. The Bertz CT molecular complexity index is 497. The minimum absolute atomic E-state index is 0.998. The molecular formula is C27H44. The van der Waals surface area contributed by atoms with Gasteiger partial charge in [-0.2, -0.15) is 0 Å². The molecule has 27 heavy (non-hydrogen) atoms. The minimum atomic E-state index is 0.998. The van der Waals surface area contributed by atoms with Crippen molar-refractivity contribution >= 4 is 0 Å². The van der Waals surface area contributed by atoms with Gasteiger partial charge in [0.25, 0.3) is 0 Å². The topological polar surface area (TPSA) is 0 Å². The summed E-state index contributed by atoms with van der Waals surface area (Å²) in [4.78, 5) is 0. The largest absolute Gasteiger partial charge is 0.0654 e. The van der Waals surface area contributed by atoms with Crippen LogP contribution in [0.2, 0.25) is 0 Å². The summed E-state index contributed by atoms with van der Waals surface area (Å²) in [6.45, 7) is 4.57. The van der Waals surface area contributed by atoms with Crippen LogP contribution in [0.5, 0.6) is 0 Å². The molecule has 1 aromatic carbocycles. The molecule has 0 radical (unpaired) electrons. The molecule has 0 unspecified atom stereocenters. The molecule has 2 fully saturated rings. The maximum absolute atomic E-state index is 2.36. The molecular weight excluding hydrogens is 324 g/mol. The standard InChI is InChI=1S/C27H44/c1-3-5-6-7-23-14-18-26(19-15-23)27-20-16-25(17-21-27)13-12-24-10-8-22(4-2)9-11-24/h8-11,23,25-27H,3-7,12-21H2,1-2H3. The molecule has 1 aromatic rings. The lowest BCUT2D eigenvalue weighted by molar-refractivity contribution is 0.140. The third-order valence-electron chi connectivity index (χ3n) is 7.94. The highest BCUT2D eigenvalue weighted by Gasteiger charge is 2.30. The van der Waals surface area contributed by atoms with E-state index in [1.807, 2.05) is 0 Å². The van der Waals surface area contributed by atoms with Crippen molar-refractivity contribution in [2.24, 2.45) is 23.7 Å². The van der Waals surface area contributed by atoms with Crippen LogP contribution < -0.4 is 0 Å². The van der Waals surface area contributed by atoms with Gasteiger partial charge in [0.2, 0.25) is 0 Å². The normalized spacial score (nSPS) is 29.0. The quantitative estimate of drug-likeness (QED) is 0.384. The van der Waals surface area contributed by atoms with Gasteiger partial charge in [-0.15, -0.1) is 0 Å². The Morgan fingerprint density at radius 3 is 1.67 bits per heavy atom. The predicted molar refractivity (Wildman–Crippen MR) is 119 cm³/mol. The molecule has 0 amide bonds. The zero-order valence-corrected chi connectivity index (χ0v) is 18.2. The maximum Gasteiger partial charge on any atom is -0.0276 e. The van der Waals surface area contributed by atoms with Crippen LogP contribution in [0.4, 0.5) is 0 Å². The summed E-state index contributed by atoms with van der Waals surface area (Å²) < 4.78 is 0. The molecule has 0 atom stereocenters. The highest BCUT2D eigenvalue weighted by Crippen LogP contribution is 2.43. The number of unbranched alkanes of at least 4 members (excludes halogenated alkanes) is 2. The third kappa shape index (κ3) is 6.65. The van der Waals surface area contributed by atoms with Crippen molar-refractivity contribution < 1.29 is 0 Å². The van der Waals surface area contributed by atoms with Crippen LogP contribution >= 0.6 is 0 Å². The van der Waals surface area contributed by atoms with Crippen molar-refractivity contribution in [3.8, 4) is 0 Å². The van der Waals surface area contributed by atoms with Gasteiger partial charge < -0.3 is 0 Å². The average molecular weight is 369 g/mol. The van der Waals surface area contributed by atoms with Gasteiger partial charge in [0, 0.05) is 0 Å². The van der Waals surface area contributed by atoms with E-state index in [1.54, 1.807) is 31.2 Å². The smallest absolute Gasteiger partial charge is 0.0276 e. The fourth-order valence-corrected chi connectivity index (χ4v) is 5.89. The van der Waals surface area contributed by atoms with E-state index in [1.165, 1.54) is 69.8 Å². The van der Waals surface area contributed by atoms with Crippen molar-refractivity contribution in [3.63, 3.8) is 0 Å². The predicted octanol–water partition coefficient (Wildman–Crippen LogP) is 8.37. The molecule has 2 aliphatic carbocycles. The first-order chi connectivity index (χ1) is 13.3. The molecule has 0 bridgehead atoms. The molecule has 152 valence electrons. The summed E-state index contributed by atoms with van der Waals surface area (Å²) in [5, 5.41) is 0. The minimum Gasteiger partial charge on any atom is -0.0654 e. The summed E-state index contributed by atoms with van der Waals surface area (Å²) >= 11 is 0. The van der Waals surface area contributed by atoms with E-state index in [2.05, 4.69) is 38.1 Å². The second-order valence-electron chi connectivity index (χ2n) is 9.77. The summed E-state index contributed by atoms with van der Waals surface area (Å²) in [7, 11) is 0. The molecule has 0 heteroatoms. The van der Waals surface area contributed by atoms with Crippen molar-refractivity contribution in [1.82, 2.24) is 0 Å². The van der Waals surface area contributed by atoms with Gasteiger partial charge >= 0.3 is 0 Å². The Kier molecular flexibility index (Phi) is 8.75. The fraction of sp³-hybridized carbons (Fsp3) is 0.778. The van der Waals surface area contributed by atoms with Crippen LogP contribution in [-0.2, 0) is 12.8 Å². The maximum atomic E-state index is 2.36. The summed E-state index contributed by atoms with van der Waals surface area (Å²) in [6.07, 6.45) is 22.0. The van der Waals surface area contributed by atoms with Crippen molar-refractivity contribution in [1.29, 1.82) is 0 Å². The number of rotatable bonds is 9. The number of hydrogen-bond acceptors (Lipinski definition) is 0. The average Bonchev–Trinajstić information content (AvgIpc) is 2.74. The lowest BCUT2D eigenvalue weighted by Gasteiger charge is -2.38. The Hall–Kier alpha value is -0.780. The number of aryl methyl sites for hydroxylation is 2. The van der Waals surface area contributed by atoms with Gasteiger partial charge in [-0.3, -0.25) is 0 Å². The van der Waals surface area contributed by atoms with Gasteiger partial charge in [-0.05, 0) is 79.7 Å². The van der Waals surface area contributed by atoms with Crippen LogP contribution in [0, 0.1) is 23.7 Å². The van der Waals surface area contributed by atoms with Crippen LogP contribution in [-0.4, -0.2) is 0 Å². The Balaban J connectivity index is 1.32. The van der Waals surface area contributed by atoms with Crippen molar-refractivity contribution in [2.45, 2.75) is 110 Å². The first kappa shape index (κ1) is 20.9. The first-order valence-electron chi connectivity index (χ1n) is 12.4. The molecule has 0 heterocycles. The summed E-state index contributed by atoms with van der Waals surface area (Å²) in [5.74, 6) is 4.22. The monoisotopic (exact) mass is 368 g/mol. The summed E-state index contributed by atoms with van der Waals surface area (Å²) in [5.41, 5.74) is 3.02. The Morgan fingerprint density at radius 1 is 0.630 bits per heavy atom. The van der Waals surface area contributed by atoms with E-state index in [0.29, 0.717) is 0 Å². The van der Waals surface area contributed by atoms with Crippen LogP contribution in [0.1, 0.15) is 108 Å². The first-order valence-corrected chi connectivity index (χ1v) is 12.4. The van der Waals surface area contributed by atoms with E-state index in [9.17, 15) is 0 Å². The van der Waals surface area contributed by atoms with Crippen molar-refractivity contribution in [2.75, 3.05) is 0 Å². The number of benzene rings is 1. The SMILES string of the molecule is CCCCCC1CCC(C2CCC(CCc3ccc(CC)cc3)CC2)CC1. The molecule has 0 spiro atoms. The van der Waals surface area contributed by atoms with Gasteiger partial charge in [0.15, 0.2) is 0 Å². The second kappa shape index (κ2) is 11.3. The fourth-order valence-electron chi connectivity index (χ4n) is 5.89. The molecule has 0 saturated heterocycles. The zero-order chi connectivity index (χ0) is 18.9. The molecule has 0 nitrogen and oxygen atoms in total. The van der Waals surface area contributed by atoms with E-state index < -0.39 is 0 Å². The lowest BCUT2D eigenvalue weighted by atomic mass is 9.68. The Labute approximate surface area is 169 Å². The third-order valence-corrected chi connectivity index (χ3v) is 7.94. The van der Waals surface area contributed by atoms with Gasteiger partial charge in [-0.1, -0.05) is 89.5 Å². The Morgan fingerprint density at radius 2 is 1.15 bits per heavy atom. The van der Waals surface area contributed by atoms with Crippen molar-refractivity contribution in [3.05, 3.63) is 35.4 Å². The second-order valence-corrected chi connectivity index (χ2v) is 9.77. The van der Waals surface area contributed by atoms with Gasteiger partial charge in [-0.25, -0.2) is 0 Å².